The Labute approximate surface area is 129 Å². The summed E-state index contributed by atoms with van der Waals surface area (Å²) < 4.78 is 10.7. The second-order valence-corrected chi connectivity index (χ2v) is 5.53. The predicted molar refractivity (Wildman–Crippen MR) is 81.6 cm³/mol. The van der Waals surface area contributed by atoms with E-state index in [1.807, 2.05) is 12.1 Å². The van der Waals surface area contributed by atoms with E-state index < -0.39 is 12.2 Å². The molecule has 6 heteroatoms. The highest BCUT2D eigenvalue weighted by atomic mass is 16.5. The zero-order valence-electron chi connectivity index (χ0n) is 12.3. The van der Waals surface area contributed by atoms with Gasteiger partial charge in [-0.05, 0) is 37.8 Å². The van der Waals surface area contributed by atoms with E-state index in [1.54, 1.807) is 12.1 Å². The maximum absolute atomic E-state index is 12.1. The van der Waals surface area contributed by atoms with E-state index in [-0.39, 0.29) is 11.8 Å². The number of hydrogen-bond acceptors (Lipinski definition) is 4. The first-order chi connectivity index (χ1) is 10.7. The topological polar surface area (TPSA) is 76.7 Å². The molecule has 1 aromatic carbocycles. The minimum Gasteiger partial charge on any atom is -0.368 e. The zero-order valence-corrected chi connectivity index (χ0v) is 12.3. The van der Waals surface area contributed by atoms with Gasteiger partial charge in [0.25, 0.3) is 11.8 Å². The molecule has 0 saturated carbocycles. The van der Waals surface area contributed by atoms with Crippen molar-refractivity contribution in [2.24, 2.45) is 0 Å². The van der Waals surface area contributed by atoms with E-state index in [2.05, 4.69) is 10.6 Å². The molecule has 6 nitrogen and oxygen atoms in total. The molecule has 0 aromatic heterocycles. The van der Waals surface area contributed by atoms with Crippen LogP contribution >= 0.6 is 0 Å². The number of benzene rings is 1. The van der Waals surface area contributed by atoms with E-state index in [0.29, 0.717) is 24.6 Å². The number of rotatable bonds is 4. The zero-order chi connectivity index (χ0) is 15.4. The summed E-state index contributed by atoms with van der Waals surface area (Å²) in [7, 11) is 0. The van der Waals surface area contributed by atoms with Gasteiger partial charge >= 0.3 is 0 Å². The van der Waals surface area contributed by atoms with Crippen molar-refractivity contribution in [2.75, 3.05) is 23.8 Å². The average molecular weight is 304 g/mol. The van der Waals surface area contributed by atoms with E-state index in [4.69, 9.17) is 9.47 Å². The molecular weight excluding hydrogens is 284 g/mol. The Morgan fingerprint density at radius 2 is 1.32 bits per heavy atom. The highest BCUT2D eigenvalue weighted by Crippen LogP contribution is 2.24. The molecule has 2 fully saturated rings. The van der Waals surface area contributed by atoms with Gasteiger partial charge in [-0.2, -0.15) is 0 Å². The molecule has 2 N–H and O–H groups in total. The van der Waals surface area contributed by atoms with E-state index >= 15 is 0 Å². The van der Waals surface area contributed by atoms with E-state index in [9.17, 15) is 9.59 Å². The number of amides is 2. The minimum atomic E-state index is -0.401. The van der Waals surface area contributed by atoms with Crippen molar-refractivity contribution in [3.05, 3.63) is 24.3 Å². The van der Waals surface area contributed by atoms with Gasteiger partial charge in [0.1, 0.15) is 12.2 Å². The van der Waals surface area contributed by atoms with Crippen molar-refractivity contribution in [2.45, 2.75) is 37.9 Å². The monoisotopic (exact) mass is 304 g/mol. The van der Waals surface area contributed by atoms with Crippen LogP contribution in [0.3, 0.4) is 0 Å². The van der Waals surface area contributed by atoms with E-state index in [0.717, 1.165) is 25.7 Å². The first kappa shape index (κ1) is 15.0. The molecule has 2 aliphatic heterocycles. The highest BCUT2D eigenvalue weighted by molar-refractivity contribution is 6.02. The van der Waals surface area contributed by atoms with Gasteiger partial charge in [0.05, 0.1) is 11.4 Å². The summed E-state index contributed by atoms with van der Waals surface area (Å²) in [5.74, 6) is -0.340. The SMILES string of the molecule is O=C(Nc1ccccc1NC(=O)C1CCCO1)C1CCCO1. The molecule has 0 aliphatic carbocycles. The van der Waals surface area contributed by atoms with Crippen molar-refractivity contribution in [3.8, 4) is 0 Å². The fraction of sp³-hybridized carbons (Fsp3) is 0.500. The van der Waals surface area contributed by atoms with Gasteiger partial charge in [-0.1, -0.05) is 12.1 Å². The second-order valence-electron chi connectivity index (χ2n) is 5.53. The molecule has 2 aliphatic rings. The third-order valence-electron chi connectivity index (χ3n) is 3.89. The molecule has 2 atom stereocenters. The molecule has 2 amide bonds. The van der Waals surface area contributed by atoms with Gasteiger partial charge < -0.3 is 20.1 Å². The summed E-state index contributed by atoms with van der Waals surface area (Å²) in [5, 5.41) is 5.66. The molecule has 2 saturated heterocycles. The van der Waals surface area contributed by atoms with Crippen molar-refractivity contribution in [3.63, 3.8) is 0 Å². The lowest BCUT2D eigenvalue weighted by molar-refractivity contribution is -0.125. The Morgan fingerprint density at radius 1 is 0.864 bits per heavy atom. The quantitative estimate of drug-likeness (QED) is 0.891. The minimum absolute atomic E-state index is 0.170. The van der Waals surface area contributed by atoms with Crippen LogP contribution in [0.2, 0.25) is 0 Å². The summed E-state index contributed by atoms with van der Waals surface area (Å²) in [5.41, 5.74) is 1.16. The summed E-state index contributed by atoms with van der Waals surface area (Å²) >= 11 is 0. The number of para-hydroxylation sites is 2. The van der Waals surface area contributed by atoms with Crippen LogP contribution in [0, 0.1) is 0 Å². The number of carbonyl (C=O) groups excluding carboxylic acids is 2. The number of hydrogen-bond donors (Lipinski definition) is 2. The molecule has 0 bridgehead atoms. The predicted octanol–water partition coefficient (Wildman–Crippen LogP) is 1.92. The summed E-state index contributed by atoms with van der Waals surface area (Å²) in [6, 6.07) is 7.15. The van der Waals surface area contributed by atoms with Crippen LogP contribution in [-0.4, -0.2) is 37.2 Å². The van der Waals surface area contributed by atoms with Crippen LogP contribution in [-0.2, 0) is 19.1 Å². The first-order valence-electron chi connectivity index (χ1n) is 7.68. The molecule has 2 heterocycles. The number of nitrogens with one attached hydrogen (secondary N) is 2. The Morgan fingerprint density at radius 3 is 1.68 bits per heavy atom. The van der Waals surface area contributed by atoms with Gasteiger partial charge in [-0.25, -0.2) is 0 Å². The van der Waals surface area contributed by atoms with Gasteiger partial charge in [-0.3, -0.25) is 9.59 Å². The Balaban J connectivity index is 1.66. The van der Waals surface area contributed by atoms with Crippen LogP contribution in [0.4, 0.5) is 11.4 Å². The van der Waals surface area contributed by atoms with E-state index in [1.165, 1.54) is 0 Å². The number of carbonyl (C=O) groups is 2. The summed E-state index contributed by atoms with van der Waals surface area (Å²) in [4.78, 5) is 24.3. The van der Waals surface area contributed by atoms with Gasteiger partial charge in [0, 0.05) is 13.2 Å². The lowest BCUT2D eigenvalue weighted by Gasteiger charge is -2.16. The van der Waals surface area contributed by atoms with Crippen LogP contribution in [0.5, 0.6) is 0 Å². The summed E-state index contributed by atoms with van der Waals surface area (Å²) in [6.45, 7) is 1.24. The second kappa shape index (κ2) is 6.89. The first-order valence-corrected chi connectivity index (χ1v) is 7.68. The molecule has 0 radical (unpaired) electrons. The maximum atomic E-state index is 12.1. The average Bonchev–Trinajstić information content (AvgIpc) is 3.23. The third-order valence-corrected chi connectivity index (χ3v) is 3.89. The molecule has 118 valence electrons. The molecule has 1 aromatic rings. The maximum Gasteiger partial charge on any atom is 0.253 e. The summed E-state index contributed by atoms with van der Waals surface area (Å²) in [6.07, 6.45) is 2.46. The lowest BCUT2D eigenvalue weighted by atomic mass is 10.2. The fourth-order valence-electron chi connectivity index (χ4n) is 2.70. The third kappa shape index (κ3) is 3.45. The largest absolute Gasteiger partial charge is 0.368 e. The van der Waals surface area contributed by atoms with Crippen molar-refractivity contribution in [1.82, 2.24) is 0 Å². The number of anilines is 2. The van der Waals surface area contributed by atoms with Crippen LogP contribution in [0.1, 0.15) is 25.7 Å². The van der Waals surface area contributed by atoms with Crippen LogP contribution in [0.15, 0.2) is 24.3 Å². The lowest BCUT2D eigenvalue weighted by Crippen LogP contribution is -2.29. The molecule has 22 heavy (non-hydrogen) atoms. The normalized spacial score (nSPS) is 24.2. The van der Waals surface area contributed by atoms with Crippen molar-refractivity contribution in [1.29, 1.82) is 0 Å². The highest BCUT2D eigenvalue weighted by Gasteiger charge is 2.26. The van der Waals surface area contributed by atoms with Crippen LogP contribution in [0.25, 0.3) is 0 Å². The Bertz CT molecular complexity index is 500. The Kier molecular flexibility index (Phi) is 4.70. The van der Waals surface area contributed by atoms with Crippen LogP contribution < -0.4 is 10.6 Å². The van der Waals surface area contributed by atoms with Crippen molar-refractivity contribution >= 4 is 23.2 Å². The molecule has 2 unspecified atom stereocenters. The standard InChI is InChI=1S/C16H20N2O4/c19-15(13-7-3-9-21-13)17-11-5-1-2-6-12(11)18-16(20)14-8-4-10-22-14/h1-2,5-6,13-14H,3-4,7-10H2,(H,17,19)(H,18,20). The smallest absolute Gasteiger partial charge is 0.253 e. The number of ether oxygens (including phenoxy) is 2. The molecule has 0 spiro atoms. The Hall–Kier alpha value is -1.92. The van der Waals surface area contributed by atoms with Crippen molar-refractivity contribution < 1.29 is 19.1 Å². The fourth-order valence-corrected chi connectivity index (χ4v) is 2.70. The van der Waals surface area contributed by atoms with Gasteiger partial charge in [0.2, 0.25) is 0 Å². The molecular formula is C16H20N2O4. The van der Waals surface area contributed by atoms with Gasteiger partial charge in [-0.15, -0.1) is 0 Å². The van der Waals surface area contributed by atoms with Gasteiger partial charge in [0.15, 0.2) is 0 Å². The molecule has 3 rings (SSSR count).